The highest BCUT2D eigenvalue weighted by Gasteiger charge is 2.21. The molecule has 0 aliphatic heterocycles. The van der Waals surface area contributed by atoms with Crippen molar-refractivity contribution in [3.63, 3.8) is 0 Å². The second kappa shape index (κ2) is 8.28. The number of carbonyl (C=O) groups excluding carboxylic acids is 2. The van der Waals surface area contributed by atoms with E-state index in [0.29, 0.717) is 5.56 Å². The van der Waals surface area contributed by atoms with Gasteiger partial charge in [-0.2, -0.15) is 0 Å². The van der Waals surface area contributed by atoms with Crippen molar-refractivity contribution in [2.24, 2.45) is 0 Å². The monoisotopic (exact) mass is 340 g/mol. The molecular weight excluding hydrogens is 319 g/mol. The minimum absolute atomic E-state index is 0.00616. The second-order valence-electron chi connectivity index (χ2n) is 6.14. The molecule has 8 heteroatoms. The molecule has 2 amide bonds. The normalized spacial score (nSPS) is 12.2. The van der Waals surface area contributed by atoms with E-state index in [9.17, 15) is 18.8 Å². The molecule has 1 aromatic carbocycles. The van der Waals surface area contributed by atoms with Gasteiger partial charge in [0, 0.05) is 6.42 Å². The molecule has 1 unspecified atom stereocenters. The maximum absolute atomic E-state index is 12.8. The van der Waals surface area contributed by atoms with Gasteiger partial charge in [0.2, 0.25) is 5.91 Å². The first kappa shape index (κ1) is 19.4. The Kier molecular flexibility index (Phi) is 6.69. The molecule has 0 radical (unpaired) electrons. The molecule has 0 heterocycles. The third-order valence-corrected chi connectivity index (χ3v) is 2.78. The van der Waals surface area contributed by atoms with Crippen LogP contribution in [0.3, 0.4) is 0 Å². The molecule has 1 atom stereocenters. The number of carboxylic acids is 1. The van der Waals surface area contributed by atoms with Crippen molar-refractivity contribution < 1.29 is 28.6 Å². The van der Waals surface area contributed by atoms with Gasteiger partial charge in [-0.25, -0.2) is 14.0 Å². The van der Waals surface area contributed by atoms with Crippen LogP contribution in [0.1, 0.15) is 26.3 Å². The van der Waals surface area contributed by atoms with Crippen LogP contribution in [-0.4, -0.2) is 41.3 Å². The molecule has 3 N–H and O–H groups in total. The Morgan fingerprint density at radius 3 is 2.29 bits per heavy atom. The zero-order valence-corrected chi connectivity index (χ0v) is 13.8. The van der Waals surface area contributed by atoms with Crippen molar-refractivity contribution in [1.82, 2.24) is 10.6 Å². The summed E-state index contributed by atoms with van der Waals surface area (Å²) in [6, 6.07) is 4.11. The van der Waals surface area contributed by atoms with Crippen LogP contribution in [0, 0.1) is 5.82 Å². The smallest absolute Gasteiger partial charge is 0.408 e. The number of nitrogens with one attached hydrogen (secondary N) is 2. The lowest BCUT2D eigenvalue weighted by atomic mass is 10.1. The van der Waals surface area contributed by atoms with E-state index in [0.717, 1.165) is 0 Å². The number of halogens is 1. The molecule has 0 saturated carbocycles. The molecule has 1 aromatic rings. The first-order chi connectivity index (χ1) is 11.1. The molecule has 132 valence electrons. The van der Waals surface area contributed by atoms with Crippen LogP contribution in [-0.2, 0) is 20.7 Å². The molecule has 0 saturated heterocycles. The van der Waals surface area contributed by atoms with Crippen LogP contribution >= 0.6 is 0 Å². The van der Waals surface area contributed by atoms with Gasteiger partial charge in [-0.05, 0) is 38.5 Å². The number of alkyl carbamates (subject to hydrolysis) is 1. The Labute approximate surface area is 139 Å². The summed E-state index contributed by atoms with van der Waals surface area (Å²) in [6.07, 6.45) is -0.781. The molecule has 0 aliphatic rings. The minimum atomic E-state index is -1.23. The van der Waals surface area contributed by atoms with Crippen molar-refractivity contribution in [2.45, 2.75) is 38.8 Å². The van der Waals surface area contributed by atoms with E-state index in [1.165, 1.54) is 24.3 Å². The van der Waals surface area contributed by atoms with Crippen LogP contribution in [0.4, 0.5) is 9.18 Å². The molecule has 1 rings (SSSR count). The fourth-order valence-corrected chi connectivity index (χ4v) is 1.77. The van der Waals surface area contributed by atoms with Gasteiger partial charge in [0.15, 0.2) is 0 Å². The Morgan fingerprint density at radius 1 is 1.21 bits per heavy atom. The van der Waals surface area contributed by atoms with Crippen molar-refractivity contribution in [3.8, 4) is 0 Å². The quantitative estimate of drug-likeness (QED) is 0.727. The third-order valence-electron chi connectivity index (χ3n) is 2.78. The highest BCUT2D eigenvalue weighted by atomic mass is 19.1. The molecular formula is C16H21FN2O5. The number of carbonyl (C=O) groups is 3. The summed E-state index contributed by atoms with van der Waals surface area (Å²) in [5, 5.41) is 13.7. The van der Waals surface area contributed by atoms with Crippen LogP contribution in [0.15, 0.2) is 24.3 Å². The Hall–Kier alpha value is -2.64. The van der Waals surface area contributed by atoms with Crippen LogP contribution in [0.2, 0.25) is 0 Å². The molecule has 24 heavy (non-hydrogen) atoms. The summed E-state index contributed by atoms with van der Waals surface area (Å²) in [5.74, 6) is -2.34. The summed E-state index contributed by atoms with van der Waals surface area (Å²) in [5.41, 5.74) is -0.142. The summed E-state index contributed by atoms with van der Waals surface area (Å²) >= 11 is 0. The largest absolute Gasteiger partial charge is 0.480 e. The summed E-state index contributed by atoms with van der Waals surface area (Å²) < 4.78 is 17.8. The van der Waals surface area contributed by atoms with Crippen molar-refractivity contribution in [1.29, 1.82) is 0 Å². The lowest BCUT2D eigenvalue weighted by Crippen LogP contribution is -2.47. The molecule has 7 nitrogen and oxygen atoms in total. The molecule has 0 fully saturated rings. The predicted molar refractivity (Wildman–Crippen MR) is 83.9 cm³/mol. The highest BCUT2D eigenvalue weighted by Crippen LogP contribution is 2.07. The van der Waals surface area contributed by atoms with E-state index >= 15 is 0 Å². The number of hydrogen-bond donors (Lipinski definition) is 3. The maximum Gasteiger partial charge on any atom is 0.408 e. The van der Waals surface area contributed by atoms with E-state index in [-0.39, 0.29) is 6.42 Å². The zero-order valence-electron chi connectivity index (χ0n) is 13.8. The van der Waals surface area contributed by atoms with E-state index in [2.05, 4.69) is 10.6 Å². The number of carboxylic acid groups (broad SMARTS) is 1. The van der Waals surface area contributed by atoms with Gasteiger partial charge in [-0.3, -0.25) is 4.79 Å². The maximum atomic E-state index is 12.8. The fourth-order valence-electron chi connectivity index (χ4n) is 1.77. The molecule has 0 aliphatic carbocycles. The molecule has 0 spiro atoms. The van der Waals surface area contributed by atoms with E-state index in [4.69, 9.17) is 9.84 Å². The summed E-state index contributed by atoms with van der Waals surface area (Å²) in [6.45, 7) is 4.61. The lowest BCUT2D eigenvalue weighted by molar-refractivity contribution is -0.141. The molecule has 0 bridgehead atoms. The average Bonchev–Trinajstić information content (AvgIpc) is 2.45. The van der Waals surface area contributed by atoms with Crippen molar-refractivity contribution in [2.75, 3.05) is 6.54 Å². The Bertz CT molecular complexity index is 595. The van der Waals surface area contributed by atoms with Gasteiger partial charge in [0.05, 0.1) is 0 Å². The van der Waals surface area contributed by atoms with Crippen LogP contribution in [0.5, 0.6) is 0 Å². The number of aliphatic carboxylic acids is 1. The van der Waals surface area contributed by atoms with Gasteiger partial charge < -0.3 is 20.5 Å². The summed E-state index contributed by atoms with van der Waals surface area (Å²) in [7, 11) is 0. The topological polar surface area (TPSA) is 105 Å². The zero-order chi connectivity index (χ0) is 18.3. The first-order valence-electron chi connectivity index (χ1n) is 7.30. The van der Waals surface area contributed by atoms with Gasteiger partial charge in [0.25, 0.3) is 0 Å². The van der Waals surface area contributed by atoms with Crippen molar-refractivity contribution in [3.05, 3.63) is 35.6 Å². The number of amides is 2. The van der Waals surface area contributed by atoms with Gasteiger partial charge in [-0.15, -0.1) is 0 Å². The summed E-state index contributed by atoms with van der Waals surface area (Å²) in [4.78, 5) is 34.4. The minimum Gasteiger partial charge on any atom is -0.480 e. The SMILES string of the molecule is CC(C)(C)OC(=O)NCC(=O)NC(Cc1ccc(F)cc1)C(=O)O. The number of hydrogen-bond acceptors (Lipinski definition) is 4. The van der Waals surface area contributed by atoms with Gasteiger partial charge >= 0.3 is 12.1 Å². The van der Waals surface area contributed by atoms with Crippen molar-refractivity contribution >= 4 is 18.0 Å². The van der Waals surface area contributed by atoms with Crippen LogP contribution < -0.4 is 10.6 Å². The Balaban J connectivity index is 2.53. The highest BCUT2D eigenvalue weighted by molar-refractivity contribution is 5.86. The van der Waals surface area contributed by atoms with E-state index in [1.807, 2.05) is 0 Å². The van der Waals surface area contributed by atoms with E-state index < -0.39 is 42.0 Å². The van der Waals surface area contributed by atoms with Gasteiger partial charge in [0.1, 0.15) is 24.0 Å². The molecule has 0 aromatic heterocycles. The third kappa shape index (κ3) is 7.57. The Morgan fingerprint density at radius 2 is 1.79 bits per heavy atom. The number of benzene rings is 1. The lowest BCUT2D eigenvalue weighted by Gasteiger charge is -2.20. The predicted octanol–water partition coefficient (Wildman–Crippen LogP) is 1.46. The first-order valence-corrected chi connectivity index (χ1v) is 7.30. The average molecular weight is 340 g/mol. The number of rotatable bonds is 6. The van der Waals surface area contributed by atoms with Gasteiger partial charge in [-0.1, -0.05) is 12.1 Å². The second-order valence-corrected chi connectivity index (χ2v) is 6.14. The van der Waals surface area contributed by atoms with Crippen LogP contribution in [0.25, 0.3) is 0 Å². The van der Waals surface area contributed by atoms with E-state index in [1.54, 1.807) is 20.8 Å². The fraction of sp³-hybridized carbons (Fsp3) is 0.438. The standard InChI is InChI=1S/C16H21FN2O5/c1-16(2,3)24-15(23)18-9-13(20)19-12(14(21)22)8-10-4-6-11(17)7-5-10/h4-7,12H,8-9H2,1-3H3,(H,18,23)(H,19,20)(H,21,22). The number of ether oxygens (including phenoxy) is 1.